The van der Waals surface area contributed by atoms with Crippen molar-refractivity contribution in [3.63, 3.8) is 0 Å². The quantitative estimate of drug-likeness (QED) is 0.330. The number of rotatable bonds is 5. The second-order valence-corrected chi connectivity index (χ2v) is 12.0. The van der Waals surface area contributed by atoms with E-state index in [1.165, 1.54) is 6.07 Å². The van der Waals surface area contributed by atoms with Gasteiger partial charge in [0.1, 0.15) is 5.60 Å². The summed E-state index contributed by atoms with van der Waals surface area (Å²) in [5, 5.41) is 3.78. The molecule has 210 valence electrons. The summed E-state index contributed by atoms with van der Waals surface area (Å²) in [7, 11) is 0. The minimum Gasteiger partial charge on any atom is -0.444 e. The summed E-state index contributed by atoms with van der Waals surface area (Å²) in [6.07, 6.45) is 6.01. The zero-order valence-electron chi connectivity index (χ0n) is 23.5. The lowest BCUT2D eigenvalue weighted by Crippen LogP contribution is -2.46. The molecule has 4 heterocycles. The van der Waals surface area contributed by atoms with Crippen LogP contribution in [0.2, 0.25) is 0 Å². The maximum atomic E-state index is 14.6. The number of hydrogen-bond donors (Lipinski definition) is 2. The molecular formula is C30H35FN6O3. The number of carbonyl (C=O) groups excluding carboxylic acids is 2. The number of aryl methyl sites for hydroxylation is 2. The predicted octanol–water partition coefficient (Wildman–Crippen LogP) is 5.80. The minimum absolute atomic E-state index is 0.0667. The monoisotopic (exact) mass is 546 g/mol. The van der Waals surface area contributed by atoms with Crippen LogP contribution in [0.3, 0.4) is 0 Å². The summed E-state index contributed by atoms with van der Waals surface area (Å²) in [4.78, 5) is 38.2. The van der Waals surface area contributed by atoms with Crippen molar-refractivity contribution < 1.29 is 18.7 Å². The summed E-state index contributed by atoms with van der Waals surface area (Å²) in [6, 6.07) is 7.41. The number of aromatic amines is 1. The zero-order chi connectivity index (χ0) is 28.3. The number of pyridine rings is 1. The summed E-state index contributed by atoms with van der Waals surface area (Å²) < 4.78 is 21.9. The van der Waals surface area contributed by atoms with Gasteiger partial charge in [0, 0.05) is 54.4 Å². The number of amides is 2. The smallest absolute Gasteiger partial charge is 0.410 e. The third-order valence-electron chi connectivity index (χ3n) is 7.48. The van der Waals surface area contributed by atoms with Gasteiger partial charge < -0.3 is 29.2 Å². The number of carbonyl (C=O) groups is 2. The molecule has 2 fully saturated rings. The van der Waals surface area contributed by atoms with Gasteiger partial charge in [0.2, 0.25) is 0 Å². The number of aromatic nitrogens is 3. The summed E-state index contributed by atoms with van der Waals surface area (Å²) in [5.74, 6) is -0.838. The van der Waals surface area contributed by atoms with Gasteiger partial charge in [-0.3, -0.25) is 4.79 Å². The van der Waals surface area contributed by atoms with Crippen molar-refractivity contribution in [3.05, 3.63) is 59.4 Å². The number of ether oxygens (including phenoxy) is 1. The molecule has 0 unspecified atom stereocenters. The Balaban J connectivity index is 1.25. The first-order chi connectivity index (χ1) is 19.0. The maximum Gasteiger partial charge on any atom is 0.410 e. The first-order valence-corrected chi connectivity index (χ1v) is 13.8. The molecule has 0 bridgehead atoms. The molecule has 4 aromatic rings. The van der Waals surface area contributed by atoms with Crippen molar-refractivity contribution in [1.82, 2.24) is 19.3 Å². The molecule has 1 saturated carbocycles. The highest BCUT2D eigenvalue weighted by Crippen LogP contribution is 2.37. The fourth-order valence-corrected chi connectivity index (χ4v) is 5.70. The molecule has 2 N–H and O–H groups in total. The molecule has 2 amide bonds. The number of halogens is 1. The summed E-state index contributed by atoms with van der Waals surface area (Å²) >= 11 is 0. The molecule has 1 aliphatic carbocycles. The predicted molar refractivity (Wildman–Crippen MR) is 153 cm³/mol. The van der Waals surface area contributed by atoms with Crippen molar-refractivity contribution in [3.8, 4) is 0 Å². The molecule has 9 nitrogen and oxygen atoms in total. The number of anilines is 2. The molecule has 0 radical (unpaired) electrons. The van der Waals surface area contributed by atoms with Gasteiger partial charge in [-0.25, -0.2) is 14.2 Å². The average Bonchev–Trinajstić information content (AvgIpc) is 3.23. The van der Waals surface area contributed by atoms with E-state index in [2.05, 4.69) is 20.2 Å². The van der Waals surface area contributed by atoms with Gasteiger partial charge in [0.05, 0.1) is 28.5 Å². The van der Waals surface area contributed by atoms with Crippen LogP contribution in [0.15, 0.2) is 36.7 Å². The molecule has 10 heteroatoms. The zero-order valence-corrected chi connectivity index (χ0v) is 23.5. The number of H-pyrrole nitrogens is 1. The number of hydrogen-bond acceptors (Lipinski definition) is 5. The van der Waals surface area contributed by atoms with E-state index in [1.54, 1.807) is 29.8 Å². The molecule has 1 saturated heterocycles. The van der Waals surface area contributed by atoms with E-state index in [9.17, 15) is 14.0 Å². The van der Waals surface area contributed by atoms with Crippen molar-refractivity contribution >= 4 is 39.9 Å². The van der Waals surface area contributed by atoms with E-state index >= 15 is 0 Å². The SMILES string of the molecule is Cc1cn2cc(NC(=O)c3ccc(N4CC[C@@H](N(C(=O)OC(C)(C)C)C5CC5)C4)c4cc(C)[nH]c34)cc(F)c2n1. The number of benzene rings is 1. The average molecular weight is 547 g/mol. The fraction of sp³-hybridized carbons (Fsp3) is 0.433. The van der Waals surface area contributed by atoms with E-state index in [0.29, 0.717) is 23.5 Å². The van der Waals surface area contributed by atoms with Crippen LogP contribution >= 0.6 is 0 Å². The number of imidazole rings is 1. The van der Waals surface area contributed by atoms with E-state index in [1.807, 2.05) is 44.7 Å². The first-order valence-electron chi connectivity index (χ1n) is 13.8. The van der Waals surface area contributed by atoms with Gasteiger partial charge in [-0.1, -0.05) is 0 Å². The van der Waals surface area contributed by atoms with E-state index < -0.39 is 11.4 Å². The lowest BCUT2D eigenvalue weighted by atomic mass is 10.1. The molecular weight excluding hydrogens is 511 g/mol. The Kier molecular flexibility index (Phi) is 6.23. The number of nitrogens with zero attached hydrogens (tertiary/aromatic N) is 4. The Morgan fingerprint density at radius 2 is 1.90 bits per heavy atom. The summed E-state index contributed by atoms with van der Waals surface area (Å²) in [6.45, 7) is 10.9. The van der Waals surface area contributed by atoms with Crippen molar-refractivity contribution in [2.75, 3.05) is 23.3 Å². The van der Waals surface area contributed by atoms with E-state index in [4.69, 9.17) is 4.74 Å². The third kappa shape index (κ3) is 4.98. The molecule has 1 aromatic carbocycles. The first kappa shape index (κ1) is 26.2. The van der Waals surface area contributed by atoms with Crippen LogP contribution in [0, 0.1) is 19.7 Å². The lowest BCUT2D eigenvalue weighted by Gasteiger charge is -2.32. The van der Waals surface area contributed by atoms with Gasteiger partial charge in [-0.05, 0) is 72.1 Å². The Morgan fingerprint density at radius 3 is 2.62 bits per heavy atom. The summed E-state index contributed by atoms with van der Waals surface area (Å²) in [5.41, 5.74) is 3.86. The van der Waals surface area contributed by atoms with Crippen LogP contribution in [-0.4, -0.2) is 62.0 Å². The van der Waals surface area contributed by atoms with Gasteiger partial charge in [0.15, 0.2) is 11.5 Å². The van der Waals surface area contributed by atoms with Crippen LogP contribution < -0.4 is 10.2 Å². The Labute approximate surface area is 232 Å². The van der Waals surface area contributed by atoms with Crippen LogP contribution in [0.4, 0.5) is 20.6 Å². The Bertz CT molecular complexity index is 1630. The molecule has 3 aromatic heterocycles. The lowest BCUT2D eigenvalue weighted by molar-refractivity contribution is 0.0158. The van der Waals surface area contributed by atoms with Crippen LogP contribution in [-0.2, 0) is 4.74 Å². The van der Waals surface area contributed by atoms with Crippen LogP contribution in [0.5, 0.6) is 0 Å². The van der Waals surface area contributed by atoms with Crippen LogP contribution in [0.1, 0.15) is 61.8 Å². The maximum absolute atomic E-state index is 14.6. The van der Waals surface area contributed by atoms with E-state index in [0.717, 1.165) is 48.1 Å². The van der Waals surface area contributed by atoms with Crippen molar-refractivity contribution in [1.29, 1.82) is 0 Å². The Hall–Kier alpha value is -4.08. The fourth-order valence-electron chi connectivity index (χ4n) is 5.70. The highest BCUT2D eigenvalue weighted by Gasteiger charge is 2.42. The molecule has 1 atom stereocenters. The minimum atomic E-state index is -0.539. The normalized spacial score (nSPS) is 17.6. The van der Waals surface area contributed by atoms with Gasteiger partial charge in [0.25, 0.3) is 5.91 Å². The molecule has 0 spiro atoms. The standard InChI is InChI=1S/C30H35FN6O3/c1-17-12-23-25(35-11-10-21(16-35)37(20-6-7-20)29(39)40-30(3,4)5)9-8-22(26(23)32-17)28(38)34-19-13-24(31)27-33-18(2)14-36(27)15-19/h8-9,12-15,20-21,32H,6-7,10-11,16H2,1-5H3,(H,34,38)/t21-/m1/s1. The second-order valence-electron chi connectivity index (χ2n) is 12.0. The van der Waals surface area contributed by atoms with Crippen molar-refractivity contribution in [2.45, 2.75) is 71.6 Å². The van der Waals surface area contributed by atoms with Gasteiger partial charge in [-0.2, -0.15) is 0 Å². The third-order valence-corrected chi connectivity index (χ3v) is 7.48. The molecule has 1 aliphatic heterocycles. The second kappa shape index (κ2) is 9.53. The topological polar surface area (TPSA) is 95.0 Å². The van der Waals surface area contributed by atoms with Crippen LogP contribution in [0.25, 0.3) is 16.6 Å². The molecule has 40 heavy (non-hydrogen) atoms. The van der Waals surface area contributed by atoms with Gasteiger partial charge in [-0.15, -0.1) is 0 Å². The largest absolute Gasteiger partial charge is 0.444 e. The highest BCUT2D eigenvalue weighted by molar-refractivity contribution is 6.14. The highest BCUT2D eigenvalue weighted by atomic mass is 19.1. The van der Waals surface area contributed by atoms with Crippen molar-refractivity contribution in [2.24, 2.45) is 0 Å². The molecule has 2 aliphatic rings. The molecule has 6 rings (SSSR count). The van der Waals surface area contributed by atoms with Gasteiger partial charge >= 0.3 is 6.09 Å². The van der Waals surface area contributed by atoms with E-state index in [-0.39, 0.29) is 29.7 Å². The Morgan fingerprint density at radius 1 is 1.12 bits per heavy atom. The number of fused-ring (bicyclic) bond motifs is 2. The number of nitrogens with one attached hydrogen (secondary N) is 2.